The molecule has 4 nitrogen and oxygen atoms in total. The molecule has 0 aliphatic rings. The van der Waals surface area contributed by atoms with Crippen LogP contribution >= 0.6 is 11.6 Å². The van der Waals surface area contributed by atoms with E-state index in [0.29, 0.717) is 22.5 Å². The Morgan fingerprint density at radius 2 is 2.10 bits per heavy atom. The Morgan fingerprint density at radius 1 is 1.35 bits per heavy atom. The van der Waals surface area contributed by atoms with Gasteiger partial charge in [0.15, 0.2) is 0 Å². The van der Waals surface area contributed by atoms with Crippen molar-refractivity contribution >= 4 is 22.5 Å². The van der Waals surface area contributed by atoms with Crippen molar-refractivity contribution in [3.8, 4) is 0 Å². The highest BCUT2D eigenvalue weighted by Crippen LogP contribution is 2.19. The van der Waals surface area contributed by atoms with Gasteiger partial charge in [-0.2, -0.15) is 0 Å². The summed E-state index contributed by atoms with van der Waals surface area (Å²) in [5.74, 6) is 0.789. The fourth-order valence-corrected chi connectivity index (χ4v) is 2.61. The van der Waals surface area contributed by atoms with E-state index in [-0.39, 0.29) is 11.6 Å². The van der Waals surface area contributed by atoms with E-state index in [1.165, 1.54) is 0 Å². The molecule has 0 amide bonds. The highest BCUT2D eigenvalue weighted by Gasteiger charge is 2.17. The number of benzene rings is 1. The second-order valence-electron chi connectivity index (χ2n) is 4.70. The summed E-state index contributed by atoms with van der Waals surface area (Å²) >= 11 is 6.01. The zero-order valence-corrected chi connectivity index (χ0v) is 12.9. The first-order valence-corrected chi connectivity index (χ1v) is 7.43. The van der Waals surface area contributed by atoms with Gasteiger partial charge in [-0.1, -0.05) is 25.4 Å². The first-order valence-electron chi connectivity index (χ1n) is 7.05. The molecule has 0 aliphatic carbocycles. The van der Waals surface area contributed by atoms with E-state index in [1.54, 1.807) is 22.8 Å². The molecule has 108 valence electrons. The molecule has 1 atom stereocenters. The predicted octanol–water partition coefficient (Wildman–Crippen LogP) is 3.13. The number of nitrogens with one attached hydrogen (secondary N) is 1. The molecule has 0 unspecified atom stereocenters. The smallest absolute Gasteiger partial charge is 0.261 e. The van der Waals surface area contributed by atoms with Crippen LogP contribution in [0.3, 0.4) is 0 Å². The summed E-state index contributed by atoms with van der Waals surface area (Å²) in [6.45, 7) is 7.55. The maximum absolute atomic E-state index is 12.6. The second kappa shape index (κ2) is 6.37. The van der Waals surface area contributed by atoms with Gasteiger partial charge in [0.2, 0.25) is 0 Å². The molecule has 0 saturated heterocycles. The summed E-state index contributed by atoms with van der Waals surface area (Å²) in [5.41, 5.74) is 0.666. The van der Waals surface area contributed by atoms with Crippen LogP contribution in [0.15, 0.2) is 23.0 Å². The standard InChI is InChI=1S/C15H20ClN3O/c1-4-12(17-5-2)14-18-13-9-10(16)7-8-11(13)15(20)19(14)6-3/h7-9,12,17H,4-6H2,1-3H3/t12-/m1/s1. The van der Waals surface area contributed by atoms with Crippen molar-refractivity contribution in [1.29, 1.82) is 0 Å². The van der Waals surface area contributed by atoms with Crippen LogP contribution in [0.4, 0.5) is 0 Å². The van der Waals surface area contributed by atoms with E-state index in [2.05, 4.69) is 24.1 Å². The van der Waals surface area contributed by atoms with E-state index in [4.69, 9.17) is 11.6 Å². The largest absolute Gasteiger partial charge is 0.308 e. The maximum Gasteiger partial charge on any atom is 0.261 e. The first kappa shape index (κ1) is 15.0. The highest BCUT2D eigenvalue weighted by atomic mass is 35.5. The zero-order valence-electron chi connectivity index (χ0n) is 12.1. The summed E-state index contributed by atoms with van der Waals surface area (Å²) in [6, 6.07) is 5.31. The molecule has 20 heavy (non-hydrogen) atoms. The number of fused-ring (bicyclic) bond motifs is 1. The van der Waals surface area contributed by atoms with Gasteiger partial charge >= 0.3 is 0 Å². The highest BCUT2D eigenvalue weighted by molar-refractivity contribution is 6.31. The Hall–Kier alpha value is -1.39. The molecule has 0 fully saturated rings. The summed E-state index contributed by atoms with van der Waals surface area (Å²) in [5, 5.41) is 4.59. The molecule has 0 bridgehead atoms. The number of hydrogen-bond donors (Lipinski definition) is 1. The SMILES string of the molecule is CCN[C@H](CC)c1nc2cc(Cl)ccc2c(=O)n1CC. The number of nitrogens with zero attached hydrogens (tertiary/aromatic N) is 2. The fraction of sp³-hybridized carbons (Fsp3) is 0.467. The van der Waals surface area contributed by atoms with Crippen LogP contribution in [0.25, 0.3) is 10.9 Å². The topological polar surface area (TPSA) is 46.9 Å². The van der Waals surface area contributed by atoms with Crippen molar-refractivity contribution in [3.63, 3.8) is 0 Å². The van der Waals surface area contributed by atoms with E-state index in [9.17, 15) is 4.79 Å². The van der Waals surface area contributed by atoms with E-state index in [0.717, 1.165) is 18.8 Å². The van der Waals surface area contributed by atoms with Crippen molar-refractivity contribution in [2.75, 3.05) is 6.54 Å². The van der Waals surface area contributed by atoms with Gasteiger partial charge in [0.1, 0.15) is 5.82 Å². The van der Waals surface area contributed by atoms with Crippen molar-refractivity contribution in [3.05, 3.63) is 39.4 Å². The lowest BCUT2D eigenvalue weighted by Crippen LogP contribution is -2.31. The first-order chi connectivity index (χ1) is 9.62. The second-order valence-corrected chi connectivity index (χ2v) is 5.14. The van der Waals surface area contributed by atoms with Gasteiger partial charge in [0.25, 0.3) is 5.56 Å². The molecular formula is C15H20ClN3O. The van der Waals surface area contributed by atoms with Crippen LogP contribution < -0.4 is 10.9 Å². The third-order valence-electron chi connectivity index (χ3n) is 3.43. The lowest BCUT2D eigenvalue weighted by Gasteiger charge is -2.20. The lowest BCUT2D eigenvalue weighted by molar-refractivity contribution is 0.475. The molecule has 2 aromatic rings. The quantitative estimate of drug-likeness (QED) is 0.921. The van der Waals surface area contributed by atoms with Crippen molar-refractivity contribution in [1.82, 2.24) is 14.9 Å². The van der Waals surface area contributed by atoms with Crippen molar-refractivity contribution in [2.45, 2.75) is 39.8 Å². The zero-order chi connectivity index (χ0) is 14.7. The van der Waals surface area contributed by atoms with Gasteiger partial charge < -0.3 is 5.32 Å². The molecule has 5 heteroatoms. The normalized spacial score (nSPS) is 12.8. The summed E-state index contributed by atoms with van der Waals surface area (Å²) < 4.78 is 1.74. The average molecular weight is 294 g/mol. The van der Waals surface area contributed by atoms with E-state index >= 15 is 0 Å². The van der Waals surface area contributed by atoms with Gasteiger partial charge in [-0.15, -0.1) is 0 Å². The minimum absolute atomic E-state index is 0.000481. The summed E-state index contributed by atoms with van der Waals surface area (Å²) in [6.07, 6.45) is 0.881. The van der Waals surface area contributed by atoms with Gasteiger partial charge in [-0.05, 0) is 38.1 Å². The van der Waals surface area contributed by atoms with Crippen LogP contribution in [0.1, 0.15) is 39.1 Å². The summed E-state index contributed by atoms with van der Waals surface area (Å²) in [4.78, 5) is 17.2. The minimum Gasteiger partial charge on any atom is -0.308 e. The van der Waals surface area contributed by atoms with E-state index < -0.39 is 0 Å². The third kappa shape index (κ3) is 2.72. The van der Waals surface area contributed by atoms with Gasteiger partial charge in [0, 0.05) is 11.6 Å². The number of halogens is 1. The van der Waals surface area contributed by atoms with Crippen molar-refractivity contribution in [2.24, 2.45) is 0 Å². The fourth-order valence-electron chi connectivity index (χ4n) is 2.45. The minimum atomic E-state index is 0.000481. The molecule has 2 rings (SSSR count). The number of rotatable bonds is 5. The Kier molecular flexibility index (Phi) is 4.78. The number of aromatic nitrogens is 2. The molecule has 1 aromatic carbocycles. The van der Waals surface area contributed by atoms with Crippen LogP contribution in [0, 0.1) is 0 Å². The monoisotopic (exact) mass is 293 g/mol. The molecule has 0 radical (unpaired) electrons. The molecule has 0 saturated carbocycles. The van der Waals surface area contributed by atoms with Crippen molar-refractivity contribution < 1.29 is 0 Å². The molecule has 1 heterocycles. The van der Waals surface area contributed by atoms with Crippen LogP contribution in [0.5, 0.6) is 0 Å². The summed E-state index contributed by atoms with van der Waals surface area (Å²) in [7, 11) is 0. The van der Waals surface area contributed by atoms with Gasteiger partial charge in [-0.3, -0.25) is 9.36 Å². The van der Waals surface area contributed by atoms with Gasteiger partial charge in [-0.25, -0.2) is 4.98 Å². The maximum atomic E-state index is 12.6. The van der Waals surface area contributed by atoms with E-state index in [1.807, 2.05) is 6.92 Å². The Bertz CT molecular complexity index is 666. The average Bonchev–Trinajstić information content (AvgIpc) is 2.44. The van der Waals surface area contributed by atoms with Gasteiger partial charge in [0.05, 0.1) is 16.9 Å². The third-order valence-corrected chi connectivity index (χ3v) is 3.67. The molecular weight excluding hydrogens is 274 g/mol. The lowest BCUT2D eigenvalue weighted by atomic mass is 10.1. The molecule has 1 N–H and O–H groups in total. The van der Waals surface area contributed by atoms with Crippen LogP contribution in [-0.2, 0) is 6.54 Å². The Balaban J connectivity index is 2.72. The Labute approximate surface area is 123 Å². The van der Waals surface area contributed by atoms with Crippen LogP contribution in [0.2, 0.25) is 5.02 Å². The molecule has 1 aromatic heterocycles. The Morgan fingerprint density at radius 3 is 2.70 bits per heavy atom. The number of hydrogen-bond acceptors (Lipinski definition) is 3. The molecule has 0 aliphatic heterocycles. The predicted molar refractivity (Wildman–Crippen MR) is 83.4 cm³/mol. The molecule has 0 spiro atoms. The van der Waals surface area contributed by atoms with Crippen LogP contribution in [-0.4, -0.2) is 16.1 Å².